The number of piperidine rings is 1. The molecule has 1 saturated heterocycles. The summed E-state index contributed by atoms with van der Waals surface area (Å²) in [4.78, 5) is 30.7. The minimum Gasteiger partial charge on any atom is -0.349 e. The number of amides is 2. The van der Waals surface area contributed by atoms with Crippen LogP contribution in [0.1, 0.15) is 53.5 Å². The number of nitrogens with zero attached hydrogens (tertiary/aromatic N) is 2. The van der Waals surface area contributed by atoms with Crippen molar-refractivity contribution >= 4 is 11.8 Å². The molecule has 5 nitrogen and oxygen atoms in total. The van der Waals surface area contributed by atoms with Gasteiger partial charge in [0.25, 0.3) is 11.8 Å². The number of carbonyl (C=O) groups excluding carboxylic acids is 2. The van der Waals surface area contributed by atoms with E-state index in [9.17, 15) is 9.59 Å². The second kappa shape index (κ2) is 7.73. The molecule has 1 aromatic rings. The molecule has 0 saturated carbocycles. The largest absolute Gasteiger partial charge is 0.349 e. The zero-order valence-electron chi connectivity index (χ0n) is 13.0. The summed E-state index contributed by atoms with van der Waals surface area (Å²) in [5, 5.41) is 2.70. The van der Waals surface area contributed by atoms with E-state index < -0.39 is 0 Å². The maximum Gasteiger partial charge on any atom is 0.272 e. The molecule has 0 spiro atoms. The van der Waals surface area contributed by atoms with Gasteiger partial charge < -0.3 is 10.2 Å². The minimum absolute atomic E-state index is 0.0788. The van der Waals surface area contributed by atoms with Crippen LogP contribution in [0, 0.1) is 0 Å². The van der Waals surface area contributed by atoms with Crippen LogP contribution in [0.5, 0.6) is 0 Å². The monoisotopic (exact) mass is 301 g/mol. The number of carbonyl (C=O) groups is 2. The summed E-state index contributed by atoms with van der Waals surface area (Å²) in [6.45, 7) is 6.83. The van der Waals surface area contributed by atoms with Crippen molar-refractivity contribution in [3.05, 3.63) is 42.2 Å². The lowest BCUT2D eigenvalue weighted by atomic mass is 9.99. The zero-order chi connectivity index (χ0) is 15.9. The van der Waals surface area contributed by atoms with Crippen molar-refractivity contribution in [2.75, 3.05) is 13.1 Å². The maximum atomic E-state index is 12.7. The summed E-state index contributed by atoms with van der Waals surface area (Å²) in [5.74, 6) is -0.299. The fraction of sp³-hybridized carbons (Fsp3) is 0.471. The summed E-state index contributed by atoms with van der Waals surface area (Å²) < 4.78 is 0. The molecule has 118 valence electrons. The van der Waals surface area contributed by atoms with Crippen molar-refractivity contribution in [3.8, 4) is 0 Å². The average molecular weight is 301 g/mol. The standard InChI is InChI=1S/C17H23N3O2/c1-3-9-19-16(21)13-8-10-18-15(12-13)17(22)20-11-6-5-7-14(20)4-2/h3,8,10,12,14H,1,4-7,9,11H2,2H3,(H,19,21). The molecule has 1 fully saturated rings. The Kier molecular flexibility index (Phi) is 5.69. The fourth-order valence-electron chi connectivity index (χ4n) is 2.80. The van der Waals surface area contributed by atoms with Crippen LogP contribution >= 0.6 is 0 Å². The van der Waals surface area contributed by atoms with Crippen LogP contribution in [0.4, 0.5) is 0 Å². The highest BCUT2D eigenvalue weighted by atomic mass is 16.2. The molecule has 1 atom stereocenters. The molecular weight excluding hydrogens is 278 g/mol. The average Bonchev–Trinajstić information content (AvgIpc) is 2.59. The van der Waals surface area contributed by atoms with Crippen LogP contribution in [0.25, 0.3) is 0 Å². The van der Waals surface area contributed by atoms with Gasteiger partial charge >= 0.3 is 0 Å². The summed E-state index contributed by atoms with van der Waals surface area (Å²) in [5.41, 5.74) is 0.789. The number of aromatic nitrogens is 1. The van der Waals surface area contributed by atoms with E-state index in [1.165, 1.54) is 12.6 Å². The van der Waals surface area contributed by atoms with E-state index in [2.05, 4.69) is 23.8 Å². The van der Waals surface area contributed by atoms with Crippen LogP contribution in [0.2, 0.25) is 0 Å². The predicted molar refractivity (Wildman–Crippen MR) is 85.7 cm³/mol. The van der Waals surface area contributed by atoms with Crippen LogP contribution < -0.4 is 5.32 Å². The Hall–Kier alpha value is -2.17. The topological polar surface area (TPSA) is 62.3 Å². The molecular formula is C17H23N3O2. The van der Waals surface area contributed by atoms with E-state index in [0.717, 1.165) is 25.8 Å². The van der Waals surface area contributed by atoms with Crippen molar-refractivity contribution in [1.82, 2.24) is 15.2 Å². The van der Waals surface area contributed by atoms with E-state index in [1.54, 1.807) is 18.2 Å². The molecule has 0 aromatic carbocycles. The molecule has 22 heavy (non-hydrogen) atoms. The second-order valence-electron chi connectivity index (χ2n) is 5.48. The van der Waals surface area contributed by atoms with E-state index in [1.807, 2.05) is 4.90 Å². The highest BCUT2D eigenvalue weighted by Gasteiger charge is 2.27. The first-order valence-electron chi connectivity index (χ1n) is 7.83. The Morgan fingerprint density at radius 2 is 2.32 bits per heavy atom. The second-order valence-corrected chi connectivity index (χ2v) is 5.48. The van der Waals surface area contributed by atoms with E-state index in [0.29, 0.717) is 17.8 Å². The maximum absolute atomic E-state index is 12.7. The van der Waals surface area contributed by atoms with Gasteiger partial charge in [-0.25, -0.2) is 0 Å². The van der Waals surface area contributed by atoms with Crippen molar-refractivity contribution in [2.24, 2.45) is 0 Å². The Morgan fingerprint density at radius 1 is 1.50 bits per heavy atom. The molecule has 0 radical (unpaired) electrons. The molecule has 1 aliphatic heterocycles. The molecule has 1 unspecified atom stereocenters. The first-order valence-corrected chi connectivity index (χ1v) is 7.83. The van der Waals surface area contributed by atoms with Gasteiger partial charge in [-0.2, -0.15) is 0 Å². The van der Waals surface area contributed by atoms with Crippen LogP contribution in [-0.4, -0.2) is 40.8 Å². The summed E-state index contributed by atoms with van der Waals surface area (Å²) in [6.07, 6.45) is 7.32. The van der Waals surface area contributed by atoms with Crippen LogP contribution in [-0.2, 0) is 0 Å². The number of pyridine rings is 1. The SMILES string of the molecule is C=CCNC(=O)c1ccnc(C(=O)N2CCCCC2CC)c1. The van der Waals surface area contributed by atoms with Crippen molar-refractivity contribution in [2.45, 2.75) is 38.6 Å². The summed E-state index contributed by atoms with van der Waals surface area (Å²) in [7, 11) is 0. The van der Waals surface area contributed by atoms with Crippen molar-refractivity contribution in [1.29, 1.82) is 0 Å². The lowest BCUT2D eigenvalue weighted by Gasteiger charge is -2.35. The third-order valence-electron chi connectivity index (χ3n) is 4.01. The lowest BCUT2D eigenvalue weighted by Crippen LogP contribution is -2.43. The van der Waals surface area contributed by atoms with Crippen molar-refractivity contribution in [3.63, 3.8) is 0 Å². The highest BCUT2D eigenvalue weighted by Crippen LogP contribution is 2.21. The van der Waals surface area contributed by atoms with Gasteiger partial charge in [0, 0.05) is 30.9 Å². The molecule has 1 N–H and O–H groups in total. The molecule has 2 amide bonds. The predicted octanol–water partition coefficient (Wildman–Crippen LogP) is 2.40. The van der Waals surface area contributed by atoms with Gasteiger partial charge in [-0.05, 0) is 37.8 Å². The number of nitrogens with one attached hydrogen (secondary N) is 1. The van der Waals surface area contributed by atoms with Gasteiger partial charge in [0.15, 0.2) is 0 Å². The first-order chi connectivity index (χ1) is 10.7. The molecule has 2 rings (SSSR count). The van der Waals surface area contributed by atoms with Gasteiger partial charge in [-0.15, -0.1) is 6.58 Å². The Morgan fingerprint density at radius 3 is 3.05 bits per heavy atom. The van der Waals surface area contributed by atoms with Gasteiger partial charge in [0.1, 0.15) is 5.69 Å². The van der Waals surface area contributed by atoms with E-state index in [4.69, 9.17) is 0 Å². The van der Waals surface area contributed by atoms with Gasteiger partial charge in [-0.3, -0.25) is 14.6 Å². The van der Waals surface area contributed by atoms with Gasteiger partial charge in [-0.1, -0.05) is 13.0 Å². The lowest BCUT2D eigenvalue weighted by molar-refractivity contribution is 0.0602. The molecule has 5 heteroatoms. The van der Waals surface area contributed by atoms with Gasteiger partial charge in [0.05, 0.1) is 0 Å². The molecule has 0 bridgehead atoms. The summed E-state index contributed by atoms with van der Waals surface area (Å²) >= 11 is 0. The highest BCUT2D eigenvalue weighted by molar-refractivity contribution is 5.98. The third-order valence-corrected chi connectivity index (χ3v) is 4.01. The first kappa shape index (κ1) is 16.2. The number of rotatable bonds is 5. The Labute approximate surface area is 131 Å². The van der Waals surface area contributed by atoms with Crippen LogP contribution in [0.15, 0.2) is 31.0 Å². The minimum atomic E-state index is -0.220. The number of hydrogen-bond acceptors (Lipinski definition) is 3. The van der Waals surface area contributed by atoms with Crippen LogP contribution in [0.3, 0.4) is 0 Å². The molecule has 1 aliphatic rings. The third kappa shape index (κ3) is 3.72. The molecule has 2 heterocycles. The van der Waals surface area contributed by atoms with E-state index >= 15 is 0 Å². The normalized spacial score (nSPS) is 17.9. The smallest absolute Gasteiger partial charge is 0.272 e. The fourth-order valence-corrected chi connectivity index (χ4v) is 2.80. The molecule has 0 aliphatic carbocycles. The number of hydrogen-bond donors (Lipinski definition) is 1. The van der Waals surface area contributed by atoms with Crippen molar-refractivity contribution < 1.29 is 9.59 Å². The zero-order valence-corrected chi connectivity index (χ0v) is 13.0. The quantitative estimate of drug-likeness (QED) is 0.850. The summed E-state index contributed by atoms with van der Waals surface area (Å²) in [6, 6.07) is 3.46. The van der Waals surface area contributed by atoms with E-state index in [-0.39, 0.29) is 17.9 Å². The van der Waals surface area contributed by atoms with Gasteiger partial charge in [0.2, 0.25) is 0 Å². The Balaban J connectivity index is 2.15. The molecule has 1 aromatic heterocycles. The number of likely N-dealkylation sites (tertiary alicyclic amines) is 1. The Bertz CT molecular complexity index is 557.